The largest absolute Gasteiger partial charge is 0.389 e. The summed E-state index contributed by atoms with van der Waals surface area (Å²) in [6.07, 6.45) is -0.435. The highest BCUT2D eigenvalue weighted by molar-refractivity contribution is 9.10. The van der Waals surface area contributed by atoms with Crippen LogP contribution in [-0.2, 0) is 0 Å². The molecule has 0 radical (unpaired) electrons. The number of rotatable bonds is 3. The fraction of sp³-hybridized carbons (Fsp3) is 0.600. The third-order valence-corrected chi connectivity index (χ3v) is 4.72. The lowest BCUT2D eigenvalue weighted by molar-refractivity contribution is 0.198. The molecular formula is C15H23BrN2O. The van der Waals surface area contributed by atoms with Gasteiger partial charge in [-0.05, 0) is 44.6 Å². The van der Waals surface area contributed by atoms with Crippen molar-refractivity contribution in [1.82, 2.24) is 4.90 Å². The first kappa shape index (κ1) is 14.8. The average molecular weight is 327 g/mol. The second kappa shape index (κ2) is 5.81. The molecular weight excluding hydrogens is 304 g/mol. The van der Waals surface area contributed by atoms with Crippen LogP contribution in [0.15, 0.2) is 22.7 Å². The van der Waals surface area contributed by atoms with Crippen LogP contribution in [0, 0.1) is 5.92 Å². The van der Waals surface area contributed by atoms with Gasteiger partial charge >= 0.3 is 0 Å². The zero-order valence-corrected chi connectivity index (χ0v) is 13.7. The van der Waals surface area contributed by atoms with Crippen molar-refractivity contribution in [3.63, 3.8) is 0 Å². The summed E-state index contributed by atoms with van der Waals surface area (Å²) in [6, 6.07) is 6.84. The van der Waals surface area contributed by atoms with E-state index >= 15 is 0 Å². The van der Waals surface area contributed by atoms with Crippen LogP contribution in [0.1, 0.15) is 25.5 Å². The lowest BCUT2D eigenvalue weighted by Crippen LogP contribution is -2.34. The Balaban J connectivity index is 2.18. The van der Waals surface area contributed by atoms with E-state index in [2.05, 4.69) is 58.9 Å². The predicted molar refractivity (Wildman–Crippen MR) is 83.6 cm³/mol. The molecule has 1 aromatic rings. The third kappa shape index (κ3) is 3.12. The van der Waals surface area contributed by atoms with Gasteiger partial charge in [0.2, 0.25) is 0 Å². The van der Waals surface area contributed by atoms with E-state index in [0.29, 0.717) is 12.0 Å². The van der Waals surface area contributed by atoms with E-state index in [1.807, 2.05) is 6.07 Å². The van der Waals surface area contributed by atoms with Crippen molar-refractivity contribution in [2.75, 3.05) is 32.1 Å². The molecule has 1 aliphatic heterocycles. The fourth-order valence-electron chi connectivity index (χ4n) is 2.88. The van der Waals surface area contributed by atoms with Crippen molar-refractivity contribution >= 4 is 21.6 Å². The van der Waals surface area contributed by atoms with Gasteiger partial charge < -0.3 is 14.9 Å². The van der Waals surface area contributed by atoms with E-state index in [9.17, 15) is 5.11 Å². The smallest absolute Gasteiger partial charge is 0.0772 e. The van der Waals surface area contributed by atoms with Crippen LogP contribution < -0.4 is 4.90 Å². The van der Waals surface area contributed by atoms with Crippen molar-refractivity contribution in [2.45, 2.75) is 26.0 Å². The molecule has 3 nitrogen and oxygen atoms in total. The monoisotopic (exact) mass is 326 g/mol. The number of benzene rings is 1. The molecule has 1 aliphatic rings. The van der Waals surface area contributed by atoms with Crippen LogP contribution in [0.25, 0.3) is 0 Å². The third-order valence-electron chi connectivity index (χ3n) is 4.04. The van der Waals surface area contributed by atoms with Crippen LogP contribution >= 0.6 is 15.9 Å². The minimum atomic E-state index is -0.435. The molecule has 2 unspecified atom stereocenters. The highest BCUT2D eigenvalue weighted by atomic mass is 79.9. The molecule has 1 saturated heterocycles. The number of halogens is 1. The summed E-state index contributed by atoms with van der Waals surface area (Å²) in [5.41, 5.74) is 2.17. The molecule has 0 aromatic heterocycles. The zero-order chi connectivity index (χ0) is 14.2. The first-order chi connectivity index (χ1) is 8.90. The quantitative estimate of drug-likeness (QED) is 0.925. The van der Waals surface area contributed by atoms with Gasteiger partial charge in [-0.1, -0.05) is 28.9 Å². The molecule has 0 bridgehead atoms. The van der Waals surface area contributed by atoms with Crippen molar-refractivity contribution in [3.8, 4) is 0 Å². The van der Waals surface area contributed by atoms with Crippen LogP contribution in [0.5, 0.6) is 0 Å². The maximum atomic E-state index is 9.67. The SMILES string of the molecule is CC1CN(c2ccc([C@@H](C)O)c(Br)c2)CC1N(C)C. The summed E-state index contributed by atoms with van der Waals surface area (Å²) in [5, 5.41) is 9.67. The molecule has 1 fully saturated rings. The van der Waals surface area contributed by atoms with E-state index in [0.717, 1.165) is 23.1 Å². The Bertz CT molecular complexity index is 448. The normalized spacial score (nSPS) is 25.1. The Morgan fingerprint density at radius 1 is 1.37 bits per heavy atom. The summed E-state index contributed by atoms with van der Waals surface area (Å²) in [5.74, 6) is 0.671. The first-order valence-corrected chi connectivity index (χ1v) is 7.58. The maximum Gasteiger partial charge on any atom is 0.0772 e. The molecule has 1 N–H and O–H groups in total. The first-order valence-electron chi connectivity index (χ1n) is 6.79. The highest BCUT2D eigenvalue weighted by Crippen LogP contribution is 2.31. The highest BCUT2D eigenvalue weighted by Gasteiger charge is 2.31. The van der Waals surface area contributed by atoms with Gasteiger partial charge in [0.1, 0.15) is 0 Å². The molecule has 19 heavy (non-hydrogen) atoms. The van der Waals surface area contributed by atoms with Crippen LogP contribution in [0.2, 0.25) is 0 Å². The standard InChI is InChI=1S/C15H23BrN2O/c1-10-8-18(9-15(10)17(3)4)12-5-6-13(11(2)19)14(16)7-12/h5-7,10-11,15,19H,8-9H2,1-4H3/t10?,11-,15?/m1/s1. The van der Waals surface area contributed by atoms with Gasteiger partial charge in [0, 0.05) is 29.3 Å². The molecule has 0 saturated carbocycles. The van der Waals surface area contributed by atoms with Gasteiger partial charge in [0.25, 0.3) is 0 Å². The molecule has 2 rings (SSSR count). The van der Waals surface area contributed by atoms with Crippen LogP contribution in [0.3, 0.4) is 0 Å². The van der Waals surface area contributed by atoms with Gasteiger partial charge in [0.15, 0.2) is 0 Å². The van der Waals surface area contributed by atoms with E-state index < -0.39 is 6.10 Å². The molecule has 1 aromatic carbocycles. The predicted octanol–water partition coefficient (Wildman–Crippen LogP) is 2.89. The second-order valence-electron chi connectivity index (χ2n) is 5.80. The van der Waals surface area contributed by atoms with E-state index in [-0.39, 0.29) is 0 Å². The molecule has 4 heteroatoms. The number of aliphatic hydroxyl groups is 1. The van der Waals surface area contributed by atoms with Gasteiger partial charge in [-0.2, -0.15) is 0 Å². The Kier molecular flexibility index (Phi) is 4.54. The van der Waals surface area contributed by atoms with E-state index in [1.165, 1.54) is 5.69 Å². The lowest BCUT2D eigenvalue weighted by atomic mass is 10.1. The minimum absolute atomic E-state index is 0.435. The molecule has 106 valence electrons. The maximum absolute atomic E-state index is 9.67. The van der Waals surface area contributed by atoms with Crippen molar-refractivity contribution in [3.05, 3.63) is 28.2 Å². The Hall–Kier alpha value is -0.580. The molecule has 0 aliphatic carbocycles. The van der Waals surface area contributed by atoms with Gasteiger partial charge in [-0.3, -0.25) is 0 Å². The summed E-state index contributed by atoms with van der Waals surface area (Å²) in [6.45, 7) is 6.25. The summed E-state index contributed by atoms with van der Waals surface area (Å²) >= 11 is 3.56. The zero-order valence-electron chi connectivity index (χ0n) is 12.1. The number of hydrogen-bond acceptors (Lipinski definition) is 3. The van der Waals surface area contributed by atoms with Crippen LogP contribution in [0.4, 0.5) is 5.69 Å². The summed E-state index contributed by atoms with van der Waals surface area (Å²) in [4.78, 5) is 4.73. The Morgan fingerprint density at radius 2 is 2.05 bits per heavy atom. The van der Waals surface area contributed by atoms with Crippen molar-refractivity contribution < 1.29 is 5.11 Å². The van der Waals surface area contributed by atoms with Crippen molar-refractivity contribution in [1.29, 1.82) is 0 Å². The van der Waals surface area contributed by atoms with Crippen molar-refractivity contribution in [2.24, 2.45) is 5.92 Å². The van der Waals surface area contributed by atoms with E-state index in [4.69, 9.17) is 0 Å². The molecule has 3 atom stereocenters. The topological polar surface area (TPSA) is 26.7 Å². The van der Waals surface area contributed by atoms with Gasteiger partial charge in [0.05, 0.1) is 6.10 Å². The van der Waals surface area contributed by atoms with Gasteiger partial charge in [-0.15, -0.1) is 0 Å². The second-order valence-corrected chi connectivity index (χ2v) is 6.65. The Morgan fingerprint density at radius 3 is 2.53 bits per heavy atom. The average Bonchev–Trinajstić information content (AvgIpc) is 2.70. The number of likely N-dealkylation sites (N-methyl/N-ethyl adjacent to an activating group) is 1. The number of nitrogens with zero attached hydrogens (tertiary/aromatic N) is 2. The minimum Gasteiger partial charge on any atom is -0.389 e. The lowest BCUT2D eigenvalue weighted by Gasteiger charge is -2.23. The number of aliphatic hydroxyl groups excluding tert-OH is 1. The van der Waals surface area contributed by atoms with Crippen LogP contribution in [-0.4, -0.2) is 43.2 Å². The number of hydrogen-bond donors (Lipinski definition) is 1. The molecule has 0 amide bonds. The fourth-order valence-corrected chi connectivity index (χ4v) is 3.58. The Labute approximate surface area is 124 Å². The van der Waals surface area contributed by atoms with E-state index in [1.54, 1.807) is 6.92 Å². The molecule has 0 spiro atoms. The summed E-state index contributed by atoms with van der Waals surface area (Å²) in [7, 11) is 4.30. The number of anilines is 1. The van der Waals surface area contributed by atoms with Gasteiger partial charge in [-0.25, -0.2) is 0 Å². The summed E-state index contributed by atoms with van der Waals surface area (Å²) < 4.78 is 0.987. The molecule has 1 heterocycles.